The van der Waals surface area contributed by atoms with Gasteiger partial charge in [0.2, 0.25) is 0 Å². The van der Waals surface area contributed by atoms with Crippen LogP contribution in [0.15, 0.2) is 0 Å². The standard InChI is InChI=1S/C36H56F14O9/c1-27(2,11-19-56-28(3,4)12-17-55-26(51)35(47,36(48,49)50)58-20-14-32(40,41)42)30(7,8)59-23-29(5,6)57-22-21-52-15-9-10-16-53-24-25(34(45,46)33(24,43)44)54-18-13-31(37,38)39/h24-25H,9-23H2,1-8H3. The molecule has 0 aliphatic heterocycles. The number of unbranched alkanes of at least 4 members (excludes halogenated alkanes) is 1. The average Bonchev–Trinajstić information content (AvgIpc) is 3.05. The van der Waals surface area contributed by atoms with Gasteiger partial charge >= 0.3 is 42.2 Å². The first-order chi connectivity index (χ1) is 26.4. The van der Waals surface area contributed by atoms with Crippen LogP contribution in [0.2, 0.25) is 0 Å². The zero-order chi connectivity index (χ0) is 46.0. The highest BCUT2D eigenvalue weighted by Crippen LogP contribution is 2.54. The summed E-state index contributed by atoms with van der Waals surface area (Å²) in [6, 6.07) is 0. The summed E-state index contributed by atoms with van der Waals surface area (Å²) < 4.78 is 223. The lowest BCUT2D eigenvalue weighted by atomic mass is 9.74. The van der Waals surface area contributed by atoms with Crippen molar-refractivity contribution in [1.82, 2.24) is 0 Å². The van der Waals surface area contributed by atoms with Crippen molar-refractivity contribution in [3.63, 3.8) is 0 Å². The molecule has 9 nitrogen and oxygen atoms in total. The summed E-state index contributed by atoms with van der Waals surface area (Å²) in [5, 5.41) is 0. The van der Waals surface area contributed by atoms with Gasteiger partial charge in [0.15, 0.2) is 12.2 Å². The van der Waals surface area contributed by atoms with Crippen LogP contribution in [0.25, 0.3) is 0 Å². The third-order valence-corrected chi connectivity index (χ3v) is 9.70. The molecule has 0 aromatic rings. The van der Waals surface area contributed by atoms with E-state index in [9.17, 15) is 66.3 Å². The van der Waals surface area contributed by atoms with E-state index in [0.717, 1.165) is 0 Å². The van der Waals surface area contributed by atoms with Crippen molar-refractivity contribution in [2.45, 2.75) is 159 Å². The smallest absolute Gasteiger partial charge is 0.460 e. The highest BCUT2D eigenvalue weighted by molar-refractivity contribution is 5.78. The molecular weight excluding hydrogens is 842 g/mol. The number of rotatable bonds is 28. The molecule has 59 heavy (non-hydrogen) atoms. The van der Waals surface area contributed by atoms with Gasteiger partial charge in [-0.1, -0.05) is 13.8 Å². The molecule has 3 unspecified atom stereocenters. The predicted molar refractivity (Wildman–Crippen MR) is 181 cm³/mol. The number of hydrogen-bond acceptors (Lipinski definition) is 9. The van der Waals surface area contributed by atoms with Gasteiger partial charge in [-0.2, -0.15) is 61.5 Å². The number of carbonyl (C=O) groups excluding carboxylic acids is 1. The summed E-state index contributed by atoms with van der Waals surface area (Å²) in [5.41, 5.74) is -3.23. The number of ether oxygens (including phenoxy) is 8. The summed E-state index contributed by atoms with van der Waals surface area (Å²) in [4.78, 5) is 11.9. The van der Waals surface area contributed by atoms with E-state index in [1.54, 1.807) is 13.8 Å². The highest BCUT2D eigenvalue weighted by Gasteiger charge is 2.80. The average molecular weight is 899 g/mol. The summed E-state index contributed by atoms with van der Waals surface area (Å²) >= 11 is 0. The monoisotopic (exact) mass is 898 g/mol. The van der Waals surface area contributed by atoms with Crippen molar-refractivity contribution in [1.29, 1.82) is 0 Å². The zero-order valence-electron chi connectivity index (χ0n) is 34.2. The number of hydrogen-bond donors (Lipinski definition) is 0. The Morgan fingerprint density at radius 1 is 0.508 bits per heavy atom. The van der Waals surface area contributed by atoms with E-state index in [2.05, 4.69) is 14.2 Å². The largest absolute Gasteiger partial charge is 0.461 e. The van der Waals surface area contributed by atoms with E-state index in [0.29, 0.717) is 6.42 Å². The Hall–Kier alpha value is -1.79. The fraction of sp³-hybridized carbons (Fsp3) is 0.972. The topological polar surface area (TPSA) is 90.9 Å². The van der Waals surface area contributed by atoms with Gasteiger partial charge in [0, 0.05) is 26.2 Å². The minimum atomic E-state index is -6.00. The first kappa shape index (κ1) is 55.2. The van der Waals surface area contributed by atoms with Crippen LogP contribution >= 0.6 is 0 Å². The molecule has 0 spiro atoms. The van der Waals surface area contributed by atoms with Crippen LogP contribution in [-0.4, -0.2) is 131 Å². The van der Waals surface area contributed by atoms with Crippen molar-refractivity contribution in [2.75, 3.05) is 59.5 Å². The quantitative estimate of drug-likeness (QED) is 0.0433. The van der Waals surface area contributed by atoms with Crippen molar-refractivity contribution >= 4 is 5.97 Å². The lowest BCUT2D eigenvalue weighted by Crippen LogP contribution is -2.75. The van der Waals surface area contributed by atoms with Crippen LogP contribution in [0, 0.1) is 5.41 Å². The third-order valence-electron chi connectivity index (χ3n) is 9.70. The van der Waals surface area contributed by atoms with E-state index in [1.165, 1.54) is 13.8 Å². The molecule has 1 rings (SSSR count). The molecule has 0 aromatic heterocycles. The Morgan fingerprint density at radius 2 is 0.983 bits per heavy atom. The maximum Gasteiger partial charge on any atom is 0.460 e. The van der Waals surface area contributed by atoms with Gasteiger partial charge in [0.05, 0.1) is 69.3 Å². The fourth-order valence-electron chi connectivity index (χ4n) is 4.94. The lowest BCUT2D eigenvalue weighted by Gasteiger charge is -2.49. The summed E-state index contributed by atoms with van der Waals surface area (Å²) in [6.07, 6.45) is -23.5. The van der Waals surface area contributed by atoms with Crippen molar-refractivity contribution < 1.29 is 104 Å². The Kier molecular flexibility index (Phi) is 19.7. The van der Waals surface area contributed by atoms with Gasteiger partial charge in [-0.05, 0) is 66.2 Å². The fourth-order valence-corrected chi connectivity index (χ4v) is 4.94. The van der Waals surface area contributed by atoms with E-state index < -0.39 is 109 Å². The third kappa shape index (κ3) is 17.5. The molecule has 1 aliphatic carbocycles. The Bertz CT molecular complexity index is 1270. The first-order valence-electron chi connectivity index (χ1n) is 18.6. The van der Waals surface area contributed by atoms with Gasteiger partial charge in [-0.25, -0.2) is 4.79 Å². The van der Waals surface area contributed by atoms with E-state index in [1.807, 2.05) is 27.7 Å². The lowest BCUT2D eigenvalue weighted by molar-refractivity contribution is -0.400. The Balaban J connectivity index is 2.41. The van der Waals surface area contributed by atoms with Crippen LogP contribution in [0.1, 0.15) is 93.9 Å². The second-order valence-corrected chi connectivity index (χ2v) is 16.4. The Morgan fingerprint density at radius 3 is 1.51 bits per heavy atom. The molecule has 1 aliphatic rings. The molecule has 1 fully saturated rings. The van der Waals surface area contributed by atoms with Gasteiger partial charge in [0.25, 0.3) is 0 Å². The number of halogens is 14. The minimum absolute atomic E-state index is 0.101. The molecule has 0 N–H and O–H groups in total. The number of carbonyl (C=O) groups is 1. The number of alkyl halides is 14. The minimum Gasteiger partial charge on any atom is -0.461 e. The summed E-state index contributed by atoms with van der Waals surface area (Å²) in [6.45, 7) is 10.5. The maximum atomic E-state index is 14.4. The van der Waals surface area contributed by atoms with E-state index in [-0.39, 0.29) is 58.9 Å². The summed E-state index contributed by atoms with van der Waals surface area (Å²) in [5.74, 6) is -16.9. The molecule has 0 radical (unpaired) electrons. The zero-order valence-corrected chi connectivity index (χ0v) is 34.2. The van der Waals surface area contributed by atoms with Crippen LogP contribution in [-0.2, 0) is 42.7 Å². The van der Waals surface area contributed by atoms with Crippen LogP contribution < -0.4 is 0 Å². The number of esters is 1. The van der Waals surface area contributed by atoms with Gasteiger partial charge < -0.3 is 37.9 Å². The molecule has 352 valence electrons. The molecule has 0 saturated heterocycles. The SMILES string of the molecule is CC(C)(CCOC(=O)C(F)(OCCC(F)(F)F)C(F)(F)F)OCCC(C)(C)C(C)(C)OCC(C)(C)OCCOCCCCOC1C(OCCC(F)(F)F)C(F)(F)C1(F)F. The molecule has 0 amide bonds. The van der Waals surface area contributed by atoms with Crippen molar-refractivity contribution in [3.05, 3.63) is 0 Å². The van der Waals surface area contributed by atoms with Crippen LogP contribution in [0.3, 0.4) is 0 Å². The van der Waals surface area contributed by atoms with Crippen LogP contribution in [0.5, 0.6) is 0 Å². The maximum absolute atomic E-state index is 14.4. The molecule has 23 heteroatoms. The van der Waals surface area contributed by atoms with Gasteiger partial charge in [-0.3, -0.25) is 0 Å². The molecule has 0 heterocycles. The van der Waals surface area contributed by atoms with Gasteiger partial charge in [0.1, 0.15) is 0 Å². The van der Waals surface area contributed by atoms with Gasteiger partial charge in [-0.15, -0.1) is 0 Å². The predicted octanol–water partition coefficient (Wildman–Crippen LogP) is 9.72. The van der Waals surface area contributed by atoms with E-state index >= 15 is 0 Å². The molecule has 1 saturated carbocycles. The molecule has 0 bridgehead atoms. The second-order valence-electron chi connectivity index (χ2n) is 16.4. The summed E-state index contributed by atoms with van der Waals surface area (Å²) in [7, 11) is 0. The second kappa shape index (κ2) is 21.1. The van der Waals surface area contributed by atoms with Crippen molar-refractivity contribution in [2.24, 2.45) is 5.41 Å². The first-order valence-corrected chi connectivity index (χ1v) is 18.6. The van der Waals surface area contributed by atoms with E-state index in [4.69, 9.17) is 23.7 Å². The van der Waals surface area contributed by atoms with Crippen LogP contribution in [0.4, 0.5) is 61.5 Å². The molecule has 0 aromatic carbocycles. The van der Waals surface area contributed by atoms with Crippen molar-refractivity contribution in [3.8, 4) is 0 Å². The Labute approximate surface area is 334 Å². The highest BCUT2D eigenvalue weighted by atomic mass is 19.4. The normalized spacial score (nSPS) is 20.3. The molecule has 3 atom stereocenters. The molecular formula is C36H56F14O9.